The number of nitrogens with one attached hydrogen (secondary N) is 1. The number of piperidine rings is 2. The van der Waals surface area contributed by atoms with Gasteiger partial charge in [-0.1, -0.05) is 36.8 Å². The lowest BCUT2D eigenvalue weighted by atomic mass is 9.90. The van der Waals surface area contributed by atoms with Crippen molar-refractivity contribution in [2.24, 2.45) is 0 Å². The van der Waals surface area contributed by atoms with Crippen molar-refractivity contribution in [1.82, 2.24) is 10.2 Å². The first-order valence-electron chi connectivity index (χ1n) is 8.94. The van der Waals surface area contributed by atoms with Gasteiger partial charge in [0.2, 0.25) is 0 Å². The van der Waals surface area contributed by atoms with Crippen molar-refractivity contribution in [3.8, 4) is 0 Å². The lowest BCUT2D eigenvalue weighted by Crippen LogP contribution is -2.53. The molecule has 0 aliphatic carbocycles. The number of fused-ring (bicyclic) bond motifs is 2. The van der Waals surface area contributed by atoms with Gasteiger partial charge in [-0.25, -0.2) is 0 Å². The molecular weight excluding hydrogens is 256 g/mol. The third-order valence-corrected chi connectivity index (χ3v) is 5.90. The zero-order chi connectivity index (χ0) is 14.1. The summed E-state index contributed by atoms with van der Waals surface area (Å²) in [6.45, 7) is 1.33. The smallest absolute Gasteiger partial charge is 0.0139 e. The number of nitrogens with zero attached hydrogens (tertiary/aromatic N) is 1. The van der Waals surface area contributed by atoms with Crippen molar-refractivity contribution < 1.29 is 0 Å². The fourth-order valence-electron chi connectivity index (χ4n) is 4.91. The topological polar surface area (TPSA) is 15.3 Å². The fraction of sp³-hybridized carbons (Fsp3) is 0.684. The molecule has 0 amide bonds. The summed E-state index contributed by atoms with van der Waals surface area (Å²) in [4.78, 5) is 2.89. The average Bonchev–Trinajstić information content (AvgIpc) is 2.87. The van der Waals surface area contributed by atoms with Gasteiger partial charge in [-0.15, -0.1) is 0 Å². The minimum absolute atomic E-state index is 0.781. The van der Waals surface area contributed by atoms with Gasteiger partial charge in [-0.05, 0) is 57.1 Å². The van der Waals surface area contributed by atoms with E-state index in [1.807, 2.05) is 0 Å². The summed E-state index contributed by atoms with van der Waals surface area (Å²) < 4.78 is 0. The highest BCUT2D eigenvalue weighted by Crippen LogP contribution is 2.33. The Hall–Kier alpha value is -0.860. The number of hydrogen-bond donors (Lipinski definition) is 1. The van der Waals surface area contributed by atoms with Crippen molar-refractivity contribution in [3.63, 3.8) is 0 Å². The molecule has 2 heteroatoms. The second-order valence-corrected chi connectivity index (χ2v) is 7.34. The van der Waals surface area contributed by atoms with Crippen molar-refractivity contribution in [2.45, 2.75) is 75.5 Å². The Morgan fingerprint density at radius 1 is 0.952 bits per heavy atom. The van der Waals surface area contributed by atoms with E-state index in [0.29, 0.717) is 0 Å². The predicted octanol–water partition coefficient (Wildman–Crippen LogP) is 3.37. The van der Waals surface area contributed by atoms with Gasteiger partial charge in [0.1, 0.15) is 0 Å². The minimum atomic E-state index is 0.781. The molecule has 2 nitrogen and oxygen atoms in total. The summed E-state index contributed by atoms with van der Waals surface area (Å²) >= 11 is 0. The first-order chi connectivity index (χ1) is 10.4. The van der Waals surface area contributed by atoms with Gasteiger partial charge in [0.25, 0.3) is 0 Å². The van der Waals surface area contributed by atoms with E-state index in [2.05, 4.69) is 40.5 Å². The third-order valence-electron chi connectivity index (χ3n) is 5.90. The molecule has 0 spiro atoms. The van der Waals surface area contributed by atoms with Crippen LogP contribution in [0, 0.1) is 0 Å². The van der Waals surface area contributed by atoms with E-state index in [-0.39, 0.29) is 0 Å². The second-order valence-electron chi connectivity index (χ2n) is 7.34. The SMILES string of the molecule is c1ccc(CC2CCCCN2C2CC3CCC(C2)N3)cc1. The van der Waals surface area contributed by atoms with Crippen LogP contribution in [0.25, 0.3) is 0 Å². The van der Waals surface area contributed by atoms with E-state index < -0.39 is 0 Å². The fourth-order valence-corrected chi connectivity index (χ4v) is 4.91. The van der Waals surface area contributed by atoms with Gasteiger partial charge >= 0.3 is 0 Å². The molecule has 3 heterocycles. The van der Waals surface area contributed by atoms with E-state index in [9.17, 15) is 0 Å². The van der Waals surface area contributed by atoms with E-state index in [1.54, 1.807) is 0 Å². The van der Waals surface area contributed by atoms with Crippen LogP contribution in [0.5, 0.6) is 0 Å². The Bertz CT molecular complexity index is 446. The average molecular weight is 284 g/mol. The van der Waals surface area contributed by atoms with E-state index in [4.69, 9.17) is 0 Å². The molecule has 0 radical (unpaired) electrons. The van der Waals surface area contributed by atoms with Gasteiger partial charge in [0, 0.05) is 24.2 Å². The molecule has 4 rings (SSSR count). The maximum atomic E-state index is 3.80. The Labute approximate surface area is 128 Å². The normalized spacial score (nSPS) is 36.8. The molecule has 3 unspecified atom stereocenters. The maximum absolute atomic E-state index is 3.80. The number of hydrogen-bond acceptors (Lipinski definition) is 2. The Morgan fingerprint density at radius 3 is 2.48 bits per heavy atom. The molecule has 3 saturated heterocycles. The maximum Gasteiger partial charge on any atom is 0.0139 e. The molecule has 3 atom stereocenters. The van der Waals surface area contributed by atoms with Crippen LogP contribution in [0.4, 0.5) is 0 Å². The summed E-state index contributed by atoms with van der Waals surface area (Å²) in [5.41, 5.74) is 1.52. The van der Waals surface area contributed by atoms with Crippen molar-refractivity contribution in [3.05, 3.63) is 35.9 Å². The monoisotopic (exact) mass is 284 g/mol. The first kappa shape index (κ1) is 13.8. The molecule has 1 aromatic rings. The van der Waals surface area contributed by atoms with Crippen LogP contribution in [0.1, 0.15) is 50.5 Å². The van der Waals surface area contributed by atoms with E-state index in [1.165, 1.54) is 63.5 Å². The molecule has 21 heavy (non-hydrogen) atoms. The van der Waals surface area contributed by atoms with Crippen LogP contribution in [-0.2, 0) is 6.42 Å². The summed E-state index contributed by atoms with van der Waals surface area (Å²) in [7, 11) is 0. The molecule has 114 valence electrons. The van der Waals surface area contributed by atoms with Crippen LogP contribution < -0.4 is 5.32 Å². The molecule has 1 N–H and O–H groups in total. The number of benzene rings is 1. The molecule has 0 saturated carbocycles. The number of likely N-dealkylation sites (tertiary alicyclic amines) is 1. The predicted molar refractivity (Wildman–Crippen MR) is 87.5 cm³/mol. The zero-order valence-corrected chi connectivity index (χ0v) is 13.0. The minimum Gasteiger partial charge on any atom is -0.311 e. The van der Waals surface area contributed by atoms with E-state index >= 15 is 0 Å². The summed E-state index contributed by atoms with van der Waals surface area (Å²) in [5, 5.41) is 3.80. The molecule has 3 aliphatic rings. The highest BCUT2D eigenvalue weighted by atomic mass is 15.2. The quantitative estimate of drug-likeness (QED) is 0.915. The van der Waals surface area contributed by atoms with Crippen molar-refractivity contribution >= 4 is 0 Å². The third kappa shape index (κ3) is 3.02. The van der Waals surface area contributed by atoms with Crippen molar-refractivity contribution in [2.75, 3.05) is 6.54 Å². The highest BCUT2D eigenvalue weighted by molar-refractivity contribution is 5.16. The molecule has 2 bridgehead atoms. The lowest BCUT2D eigenvalue weighted by Gasteiger charge is -2.44. The molecule has 0 aromatic heterocycles. The number of rotatable bonds is 3. The Kier molecular flexibility index (Phi) is 4.00. The van der Waals surface area contributed by atoms with Gasteiger partial charge < -0.3 is 5.32 Å². The summed E-state index contributed by atoms with van der Waals surface area (Å²) in [6.07, 6.45) is 11.1. The highest BCUT2D eigenvalue weighted by Gasteiger charge is 2.38. The first-order valence-corrected chi connectivity index (χ1v) is 8.94. The standard InChI is InChI=1S/C19H28N2/c1-2-6-15(7-3-1)12-18-8-4-5-11-21(18)19-13-16-9-10-17(14-19)20-16/h1-3,6-7,16-20H,4-5,8-14H2. The Balaban J connectivity index is 1.46. The van der Waals surface area contributed by atoms with Crippen LogP contribution >= 0.6 is 0 Å². The molecule has 3 aliphatic heterocycles. The molecule has 1 aromatic carbocycles. The molecule has 3 fully saturated rings. The van der Waals surface area contributed by atoms with Crippen LogP contribution in [0.15, 0.2) is 30.3 Å². The van der Waals surface area contributed by atoms with Gasteiger partial charge in [-0.3, -0.25) is 4.90 Å². The molecular formula is C19H28N2. The van der Waals surface area contributed by atoms with Gasteiger partial charge in [0.05, 0.1) is 0 Å². The van der Waals surface area contributed by atoms with Crippen LogP contribution in [0.2, 0.25) is 0 Å². The van der Waals surface area contributed by atoms with Gasteiger partial charge in [0.15, 0.2) is 0 Å². The largest absolute Gasteiger partial charge is 0.311 e. The lowest BCUT2D eigenvalue weighted by molar-refractivity contribution is 0.0649. The van der Waals surface area contributed by atoms with Crippen molar-refractivity contribution in [1.29, 1.82) is 0 Å². The Morgan fingerprint density at radius 2 is 1.71 bits per heavy atom. The summed E-state index contributed by atoms with van der Waals surface area (Å²) in [6, 6.07) is 14.4. The zero-order valence-electron chi connectivity index (χ0n) is 13.0. The summed E-state index contributed by atoms with van der Waals surface area (Å²) in [5.74, 6) is 0. The van der Waals surface area contributed by atoms with E-state index in [0.717, 1.165) is 24.2 Å². The van der Waals surface area contributed by atoms with Gasteiger partial charge in [-0.2, -0.15) is 0 Å². The van der Waals surface area contributed by atoms with Crippen LogP contribution in [-0.4, -0.2) is 35.6 Å². The van der Waals surface area contributed by atoms with Crippen LogP contribution in [0.3, 0.4) is 0 Å². The second kappa shape index (κ2) is 6.10.